The van der Waals surface area contributed by atoms with Crippen molar-refractivity contribution < 1.29 is 38.4 Å². The van der Waals surface area contributed by atoms with Crippen molar-refractivity contribution in [2.75, 3.05) is 19.7 Å². The summed E-state index contributed by atoms with van der Waals surface area (Å²) >= 11 is 0. The van der Waals surface area contributed by atoms with E-state index < -0.39 is 34.8 Å². The first-order chi connectivity index (χ1) is 17.5. The summed E-state index contributed by atoms with van der Waals surface area (Å²) in [5, 5.41) is 12.3. The Morgan fingerprint density at radius 3 is 2.73 bits per heavy atom. The lowest BCUT2D eigenvalue weighted by atomic mass is 9.49. The fourth-order valence-corrected chi connectivity index (χ4v) is 7.06. The molecule has 3 aliphatic carbocycles. The molecule has 37 heavy (non-hydrogen) atoms. The average Bonchev–Trinajstić information content (AvgIpc) is 3.55. The number of piperidine rings is 1. The minimum Gasteiger partial charge on any atom is -0.477 e. The number of hydrogen-bond acceptors (Lipinski definition) is 9. The molecule has 1 saturated heterocycles. The zero-order valence-corrected chi connectivity index (χ0v) is 21.7. The second-order valence-corrected chi connectivity index (χ2v) is 12.2. The van der Waals surface area contributed by atoms with Crippen LogP contribution < -0.4 is 9.47 Å². The number of likely N-dealkylation sites (tertiary alicyclic amines) is 1. The number of Topliss-reactive ketones (excluding diaryl/α,β-unsaturated/α-hetero) is 1. The van der Waals surface area contributed by atoms with Gasteiger partial charge in [0.2, 0.25) is 0 Å². The first-order valence-corrected chi connectivity index (χ1v) is 13.4. The summed E-state index contributed by atoms with van der Waals surface area (Å²) in [6, 6.07) is 3.53. The first-order valence-electron chi connectivity index (χ1n) is 13.4. The van der Waals surface area contributed by atoms with E-state index >= 15 is 0 Å². The molecule has 1 N–H and O–H groups in total. The number of hydrogen-bond donors (Lipinski definition) is 1. The van der Waals surface area contributed by atoms with Gasteiger partial charge in [0.1, 0.15) is 12.2 Å². The Morgan fingerprint density at radius 1 is 1.22 bits per heavy atom. The van der Waals surface area contributed by atoms with Crippen molar-refractivity contribution in [3.05, 3.63) is 23.3 Å². The molecule has 6 rings (SSSR count). The van der Waals surface area contributed by atoms with E-state index in [1.54, 1.807) is 26.8 Å². The molecule has 9 nitrogen and oxygen atoms in total. The van der Waals surface area contributed by atoms with E-state index in [4.69, 9.17) is 18.9 Å². The summed E-state index contributed by atoms with van der Waals surface area (Å²) in [6.07, 6.45) is 2.59. The van der Waals surface area contributed by atoms with Crippen LogP contribution in [0.5, 0.6) is 11.5 Å². The quantitative estimate of drug-likeness (QED) is 0.453. The molecule has 9 heteroatoms. The predicted molar refractivity (Wildman–Crippen MR) is 131 cm³/mol. The molecule has 4 atom stereocenters. The van der Waals surface area contributed by atoms with Gasteiger partial charge in [0, 0.05) is 24.6 Å². The highest BCUT2D eigenvalue weighted by Crippen LogP contribution is 2.65. The largest absolute Gasteiger partial charge is 0.513 e. The third-order valence-corrected chi connectivity index (χ3v) is 8.68. The highest BCUT2D eigenvalue weighted by Gasteiger charge is 2.73. The predicted octanol–water partition coefficient (Wildman–Crippen LogP) is 3.07. The van der Waals surface area contributed by atoms with E-state index in [2.05, 4.69) is 4.90 Å². The Balaban J connectivity index is 1.25. The van der Waals surface area contributed by atoms with Crippen LogP contribution in [-0.4, -0.2) is 71.0 Å². The molecule has 1 spiro atoms. The van der Waals surface area contributed by atoms with Gasteiger partial charge in [-0.3, -0.25) is 14.5 Å². The second-order valence-electron chi connectivity index (χ2n) is 12.2. The van der Waals surface area contributed by atoms with Crippen LogP contribution in [0, 0.1) is 5.92 Å². The van der Waals surface area contributed by atoms with Crippen molar-refractivity contribution in [3.8, 4) is 11.5 Å². The summed E-state index contributed by atoms with van der Waals surface area (Å²) < 4.78 is 22.1. The number of rotatable bonds is 6. The van der Waals surface area contributed by atoms with E-state index in [1.165, 1.54) is 12.8 Å². The van der Waals surface area contributed by atoms with Crippen molar-refractivity contribution in [1.29, 1.82) is 0 Å². The number of ketones is 1. The SMILES string of the molecule is CC(C)(C)OC(=O)CCOC(=O)Oc1ccc2c3c1O[C@@H]1C(=O)CC[C@]4(O)[C@H](C2)N(CC2CC2)CC[C@@]314. The Hall–Kier alpha value is -2.65. The Labute approximate surface area is 216 Å². The minimum atomic E-state index is -1.08. The summed E-state index contributed by atoms with van der Waals surface area (Å²) in [6.45, 7) is 6.90. The third-order valence-electron chi connectivity index (χ3n) is 8.68. The molecule has 2 aliphatic heterocycles. The van der Waals surface area contributed by atoms with Crippen LogP contribution in [0.4, 0.5) is 4.79 Å². The van der Waals surface area contributed by atoms with Crippen LogP contribution in [0.3, 0.4) is 0 Å². The number of aliphatic hydroxyl groups is 1. The van der Waals surface area contributed by atoms with Gasteiger partial charge in [-0.1, -0.05) is 6.07 Å². The monoisotopic (exact) mass is 513 g/mol. The van der Waals surface area contributed by atoms with Crippen molar-refractivity contribution in [3.63, 3.8) is 0 Å². The Kier molecular flexibility index (Phi) is 5.62. The number of esters is 1. The normalized spacial score (nSPS) is 31.8. The third kappa shape index (κ3) is 3.93. The van der Waals surface area contributed by atoms with Crippen molar-refractivity contribution in [2.45, 2.75) is 94.5 Å². The Bertz CT molecular complexity index is 1150. The topological polar surface area (TPSA) is 112 Å². The van der Waals surface area contributed by atoms with E-state index in [0.29, 0.717) is 30.9 Å². The average molecular weight is 514 g/mol. The first kappa shape index (κ1) is 24.7. The van der Waals surface area contributed by atoms with E-state index in [-0.39, 0.29) is 37.0 Å². The highest BCUT2D eigenvalue weighted by molar-refractivity contribution is 5.90. The van der Waals surface area contributed by atoms with Crippen LogP contribution in [0.2, 0.25) is 0 Å². The Morgan fingerprint density at radius 2 is 2.00 bits per heavy atom. The standard InChI is InChI=1S/C28H35NO8/c1-26(2,3)37-21(31)9-13-34-25(32)35-19-7-6-17-14-20-28(33)10-8-18(30)24-27(28,22(17)23(19)36-24)11-12-29(20)15-16-4-5-16/h6-7,16,20,24,33H,4-5,8-15H2,1-3H3/t20-,24+,27+,28-/m0/s1. The van der Waals surface area contributed by atoms with Gasteiger partial charge in [-0.25, -0.2) is 4.79 Å². The van der Waals surface area contributed by atoms with E-state index in [1.807, 2.05) is 6.07 Å². The summed E-state index contributed by atoms with van der Waals surface area (Å²) in [4.78, 5) is 39.9. The molecule has 0 amide bonds. The zero-order chi connectivity index (χ0) is 26.2. The summed E-state index contributed by atoms with van der Waals surface area (Å²) in [7, 11) is 0. The molecular formula is C28H35NO8. The van der Waals surface area contributed by atoms with Gasteiger partial charge in [-0.15, -0.1) is 0 Å². The van der Waals surface area contributed by atoms with Gasteiger partial charge in [-0.05, 0) is 77.0 Å². The highest BCUT2D eigenvalue weighted by atomic mass is 16.7. The van der Waals surface area contributed by atoms with Gasteiger partial charge in [0.05, 0.1) is 17.4 Å². The lowest BCUT2D eigenvalue weighted by Crippen LogP contribution is -2.76. The van der Waals surface area contributed by atoms with E-state index in [0.717, 1.165) is 24.2 Å². The molecule has 200 valence electrons. The van der Waals surface area contributed by atoms with Gasteiger partial charge >= 0.3 is 12.1 Å². The van der Waals surface area contributed by atoms with Crippen molar-refractivity contribution >= 4 is 17.9 Å². The maximum atomic E-state index is 13.1. The molecule has 1 aromatic rings. The molecule has 3 fully saturated rings. The molecule has 2 bridgehead atoms. The minimum absolute atomic E-state index is 0.0194. The zero-order valence-electron chi connectivity index (χ0n) is 21.7. The summed E-state index contributed by atoms with van der Waals surface area (Å²) in [5.41, 5.74) is -0.688. The lowest BCUT2D eigenvalue weighted by molar-refractivity contribution is -0.188. The van der Waals surface area contributed by atoms with Crippen molar-refractivity contribution in [1.82, 2.24) is 4.90 Å². The number of nitrogens with zero attached hydrogens (tertiary/aromatic N) is 1. The maximum absolute atomic E-state index is 13.1. The number of carbonyl (C=O) groups excluding carboxylic acids is 3. The van der Waals surface area contributed by atoms with Gasteiger partial charge in [0.15, 0.2) is 23.4 Å². The molecule has 0 unspecified atom stereocenters. The maximum Gasteiger partial charge on any atom is 0.513 e. The lowest BCUT2D eigenvalue weighted by Gasteiger charge is -2.62. The van der Waals surface area contributed by atoms with Gasteiger partial charge in [0.25, 0.3) is 0 Å². The molecule has 1 aromatic carbocycles. The molecular weight excluding hydrogens is 478 g/mol. The molecule has 5 aliphatic rings. The van der Waals surface area contributed by atoms with Crippen LogP contribution >= 0.6 is 0 Å². The van der Waals surface area contributed by atoms with Crippen molar-refractivity contribution in [2.24, 2.45) is 5.92 Å². The summed E-state index contributed by atoms with van der Waals surface area (Å²) in [5.74, 6) is 0.731. The fraction of sp³-hybridized carbons (Fsp3) is 0.679. The van der Waals surface area contributed by atoms with E-state index in [9.17, 15) is 19.5 Å². The number of ether oxygens (including phenoxy) is 4. The van der Waals surface area contributed by atoms with Crippen LogP contribution in [0.15, 0.2) is 12.1 Å². The molecule has 0 radical (unpaired) electrons. The number of benzene rings is 1. The van der Waals surface area contributed by atoms with Gasteiger partial charge < -0.3 is 24.1 Å². The number of carbonyl (C=O) groups is 3. The van der Waals surface area contributed by atoms with Crippen LogP contribution in [0.1, 0.15) is 70.4 Å². The molecule has 2 saturated carbocycles. The second kappa shape index (κ2) is 8.43. The van der Waals surface area contributed by atoms with Crippen LogP contribution in [0.25, 0.3) is 0 Å². The van der Waals surface area contributed by atoms with Gasteiger partial charge in [-0.2, -0.15) is 0 Å². The smallest absolute Gasteiger partial charge is 0.477 e. The molecule has 2 heterocycles. The van der Waals surface area contributed by atoms with Crippen LogP contribution in [-0.2, 0) is 30.9 Å². The fourth-order valence-electron chi connectivity index (χ4n) is 7.06. The molecule has 0 aromatic heterocycles.